The third kappa shape index (κ3) is 30.6. The van der Waals surface area contributed by atoms with Gasteiger partial charge in [-0.15, -0.1) is 0 Å². The van der Waals surface area contributed by atoms with Gasteiger partial charge in [-0.05, 0) is 38.5 Å². The van der Waals surface area contributed by atoms with Gasteiger partial charge in [-0.25, -0.2) is 4.57 Å². The summed E-state index contributed by atoms with van der Waals surface area (Å²) in [6, 6.07) is 0. The van der Waals surface area contributed by atoms with E-state index < -0.39 is 26.5 Å². The molecule has 0 aliphatic rings. The normalized spacial score (nSPS) is 14.1. The Hall–Kier alpha value is -1.25. The molecule has 0 amide bonds. The number of phosphoric ester groups is 1. The van der Waals surface area contributed by atoms with Crippen LogP contribution in [-0.2, 0) is 32.7 Å². The minimum absolute atomic E-state index is 0.0322. The summed E-state index contributed by atoms with van der Waals surface area (Å²) in [4.78, 5) is 34.8. The number of hydrogen-bond acceptors (Lipinski definition) is 7. The number of quaternary nitrogens is 1. The lowest BCUT2D eigenvalue weighted by atomic mass is 10.1. The quantitative estimate of drug-likeness (QED) is 0.0276. The van der Waals surface area contributed by atoms with E-state index in [2.05, 4.69) is 26.0 Å². The largest absolute Gasteiger partial charge is 0.472 e. The first-order valence-corrected chi connectivity index (χ1v) is 18.4. The highest BCUT2D eigenvalue weighted by Crippen LogP contribution is 2.43. The number of carbonyl (C=O) groups excluding carboxylic acids is 2. The first-order valence-electron chi connectivity index (χ1n) is 16.9. The molecule has 10 heteroatoms. The van der Waals surface area contributed by atoms with Crippen molar-refractivity contribution in [3.05, 3.63) is 12.2 Å². The smallest absolute Gasteiger partial charge is 0.462 e. The fourth-order valence-corrected chi connectivity index (χ4v) is 5.04. The van der Waals surface area contributed by atoms with E-state index in [9.17, 15) is 19.0 Å². The zero-order valence-electron chi connectivity index (χ0n) is 28.2. The van der Waals surface area contributed by atoms with Crippen LogP contribution in [0, 0.1) is 0 Å². The van der Waals surface area contributed by atoms with Crippen LogP contribution in [0.2, 0.25) is 0 Å². The monoisotopic (exact) mass is 634 g/mol. The van der Waals surface area contributed by atoms with Crippen molar-refractivity contribution in [3.63, 3.8) is 0 Å². The average Bonchev–Trinajstić information content (AvgIpc) is 2.93. The van der Waals surface area contributed by atoms with E-state index in [0.29, 0.717) is 17.4 Å². The second kappa shape index (κ2) is 27.1. The third-order valence-electron chi connectivity index (χ3n) is 7.05. The lowest BCUT2D eigenvalue weighted by Gasteiger charge is -2.24. The summed E-state index contributed by atoms with van der Waals surface area (Å²) in [6.45, 7) is 4.31. The summed E-state index contributed by atoms with van der Waals surface area (Å²) >= 11 is 0. The van der Waals surface area contributed by atoms with E-state index in [1.165, 1.54) is 51.4 Å². The fraction of sp³-hybridized carbons (Fsp3) is 0.879. The molecule has 0 saturated heterocycles. The van der Waals surface area contributed by atoms with E-state index in [1.54, 1.807) is 0 Å². The van der Waals surface area contributed by atoms with Crippen LogP contribution in [0.3, 0.4) is 0 Å². The number of unbranched alkanes of at least 4 members (excludes halogenated alkanes) is 14. The fourth-order valence-electron chi connectivity index (χ4n) is 4.30. The molecule has 2 atom stereocenters. The summed E-state index contributed by atoms with van der Waals surface area (Å²) in [5.41, 5.74) is 0. The number of rotatable bonds is 30. The van der Waals surface area contributed by atoms with Crippen molar-refractivity contribution in [3.8, 4) is 0 Å². The van der Waals surface area contributed by atoms with Gasteiger partial charge in [-0.2, -0.15) is 0 Å². The van der Waals surface area contributed by atoms with Crippen LogP contribution in [0.15, 0.2) is 12.2 Å². The zero-order chi connectivity index (χ0) is 32.2. The van der Waals surface area contributed by atoms with Crippen molar-refractivity contribution in [1.29, 1.82) is 0 Å². The maximum Gasteiger partial charge on any atom is 0.472 e. The van der Waals surface area contributed by atoms with Crippen LogP contribution in [0.5, 0.6) is 0 Å². The summed E-state index contributed by atoms with van der Waals surface area (Å²) < 4.78 is 33.9. The van der Waals surface area contributed by atoms with Gasteiger partial charge in [0.25, 0.3) is 0 Å². The molecule has 0 aromatic heterocycles. The molecular weight excluding hydrogens is 569 g/mol. The van der Waals surface area contributed by atoms with Gasteiger partial charge >= 0.3 is 19.8 Å². The van der Waals surface area contributed by atoms with Gasteiger partial charge in [0, 0.05) is 12.8 Å². The molecule has 0 rings (SSSR count). The first kappa shape index (κ1) is 41.8. The summed E-state index contributed by atoms with van der Waals surface area (Å²) in [5.74, 6) is -0.817. The molecule has 0 aromatic carbocycles. The molecule has 254 valence electrons. The van der Waals surface area contributed by atoms with Crippen molar-refractivity contribution in [2.24, 2.45) is 0 Å². The van der Waals surface area contributed by atoms with Gasteiger partial charge in [0.1, 0.15) is 19.8 Å². The summed E-state index contributed by atoms with van der Waals surface area (Å²) in [5, 5.41) is 0. The minimum Gasteiger partial charge on any atom is -0.462 e. The van der Waals surface area contributed by atoms with Gasteiger partial charge < -0.3 is 18.9 Å². The molecule has 0 aliphatic carbocycles. The Balaban J connectivity index is 4.50. The molecule has 0 fully saturated rings. The van der Waals surface area contributed by atoms with Crippen molar-refractivity contribution in [1.82, 2.24) is 0 Å². The lowest BCUT2D eigenvalue weighted by Crippen LogP contribution is -2.37. The lowest BCUT2D eigenvalue weighted by molar-refractivity contribution is -0.870. The van der Waals surface area contributed by atoms with Crippen LogP contribution in [0.1, 0.15) is 136 Å². The van der Waals surface area contributed by atoms with E-state index in [4.69, 9.17) is 18.5 Å². The van der Waals surface area contributed by atoms with Gasteiger partial charge in [-0.1, -0.05) is 96.6 Å². The van der Waals surface area contributed by atoms with Gasteiger partial charge in [0.15, 0.2) is 6.10 Å². The second-order valence-electron chi connectivity index (χ2n) is 12.6. The zero-order valence-corrected chi connectivity index (χ0v) is 29.1. The predicted octanol–water partition coefficient (Wildman–Crippen LogP) is 8.29. The number of allylic oxidation sites excluding steroid dienone is 2. The SMILES string of the molecule is CCCCC/C=C/CCCCCCCC(=O)O[C@H](COC(=O)CCCCCCCCC)COP(=O)(O)OCC[N+](C)(C)C. The maximum absolute atomic E-state index is 12.5. The molecule has 9 nitrogen and oxygen atoms in total. The number of carbonyl (C=O) groups is 2. The highest BCUT2D eigenvalue weighted by molar-refractivity contribution is 7.47. The van der Waals surface area contributed by atoms with Gasteiger partial charge in [0.2, 0.25) is 0 Å². The maximum atomic E-state index is 12.5. The number of phosphoric acid groups is 1. The highest BCUT2D eigenvalue weighted by atomic mass is 31.2. The van der Waals surface area contributed by atoms with Gasteiger partial charge in [-0.3, -0.25) is 18.6 Å². The van der Waals surface area contributed by atoms with Crippen LogP contribution < -0.4 is 0 Å². The Labute approximate surface area is 263 Å². The Kier molecular flexibility index (Phi) is 26.3. The Bertz CT molecular complexity index is 768. The van der Waals surface area contributed by atoms with Crippen molar-refractivity contribution >= 4 is 19.8 Å². The van der Waals surface area contributed by atoms with E-state index in [0.717, 1.165) is 51.4 Å². The van der Waals surface area contributed by atoms with Crippen molar-refractivity contribution < 1.29 is 42.1 Å². The molecule has 0 saturated carbocycles. The van der Waals surface area contributed by atoms with Gasteiger partial charge in [0.05, 0.1) is 27.7 Å². The minimum atomic E-state index is -4.35. The Morgan fingerprint density at radius 1 is 0.698 bits per heavy atom. The van der Waals surface area contributed by atoms with Crippen LogP contribution >= 0.6 is 7.82 Å². The number of likely N-dealkylation sites (N-methyl/N-ethyl adjacent to an activating group) is 1. The molecule has 0 spiro atoms. The topological polar surface area (TPSA) is 108 Å². The number of hydrogen-bond donors (Lipinski definition) is 1. The van der Waals surface area contributed by atoms with E-state index in [1.807, 2.05) is 21.1 Å². The number of nitrogens with zero attached hydrogens (tertiary/aromatic N) is 1. The Morgan fingerprint density at radius 3 is 1.77 bits per heavy atom. The predicted molar refractivity (Wildman–Crippen MR) is 174 cm³/mol. The van der Waals surface area contributed by atoms with E-state index in [-0.39, 0.29) is 32.0 Å². The average molecular weight is 635 g/mol. The molecule has 0 radical (unpaired) electrons. The molecule has 0 bridgehead atoms. The molecular formula is C33H65NO8P+. The van der Waals surface area contributed by atoms with Crippen LogP contribution in [0.25, 0.3) is 0 Å². The standard InChI is InChI=1S/C33H64NO8P/c1-6-8-10-12-14-15-16-17-18-20-22-24-26-33(36)42-31(30-41-43(37,38)40-28-27-34(3,4)5)29-39-32(35)25-23-21-19-13-11-9-7-2/h14-15,31H,6-13,16-30H2,1-5H3/p+1/b15-14+/t31-/m1/s1. The van der Waals surface area contributed by atoms with E-state index >= 15 is 0 Å². The molecule has 43 heavy (non-hydrogen) atoms. The van der Waals surface area contributed by atoms with Crippen LogP contribution in [0.4, 0.5) is 0 Å². The molecule has 0 heterocycles. The molecule has 1 unspecified atom stereocenters. The number of esters is 2. The molecule has 0 aliphatic heterocycles. The third-order valence-corrected chi connectivity index (χ3v) is 8.03. The van der Waals surface area contributed by atoms with Crippen molar-refractivity contribution in [2.75, 3.05) is 47.5 Å². The molecule has 0 aromatic rings. The highest BCUT2D eigenvalue weighted by Gasteiger charge is 2.27. The Morgan fingerprint density at radius 2 is 1.19 bits per heavy atom. The first-order chi connectivity index (χ1) is 20.5. The second-order valence-corrected chi connectivity index (χ2v) is 14.0. The molecule has 1 N–H and O–H groups in total. The summed E-state index contributed by atoms with van der Waals surface area (Å²) in [6.07, 6.45) is 22.8. The van der Waals surface area contributed by atoms with Crippen molar-refractivity contribution in [2.45, 2.75) is 142 Å². The van der Waals surface area contributed by atoms with Crippen LogP contribution in [-0.4, -0.2) is 74.9 Å². The summed E-state index contributed by atoms with van der Waals surface area (Å²) in [7, 11) is 1.47. The number of ether oxygens (including phenoxy) is 2.